The second kappa shape index (κ2) is 7.13. The molecule has 0 spiro atoms. The van der Waals surface area contributed by atoms with E-state index in [0.717, 1.165) is 18.8 Å². The van der Waals surface area contributed by atoms with E-state index in [4.69, 9.17) is 0 Å². The average molecular weight is 391 g/mol. The van der Waals surface area contributed by atoms with Gasteiger partial charge in [0, 0.05) is 32.8 Å². The molecule has 9 nitrogen and oxygen atoms in total. The summed E-state index contributed by atoms with van der Waals surface area (Å²) in [6.45, 7) is 6.97. The van der Waals surface area contributed by atoms with E-state index in [-0.39, 0.29) is 17.3 Å². The largest absolute Gasteiger partial charge is 0.370 e. The molecule has 3 rings (SSSR count). The Morgan fingerprint density at radius 1 is 1.14 bits per heavy atom. The summed E-state index contributed by atoms with van der Waals surface area (Å²) in [5, 5.41) is 18.8. The van der Waals surface area contributed by atoms with Crippen molar-refractivity contribution in [3.8, 4) is 0 Å². The van der Waals surface area contributed by atoms with E-state index in [0.29, 0.717) is 12.4 Å². The van der Waals surface area contributed by atoms with Crippen molar-refractivity contribution in [1.29, 1.82) is 0 Å². The molecule has 28 heavy (non-hydrogen) atoms. The van der Waals surface area contributed by atoms with Crippen LogP contribution < -0.4 is 10.6 Å². The highest BCUT2D eigenvalue weighted by Crippen LogP contribution is 2.32. The van der Waals surface area contributed by atoms with Gasteiger partial charge in [-0.1, -0.05) is 0 Å². The van der Waals surface area contributed by atoms with Crippen molar-refractivity contribution in [2.45, 2.75) is 39.2 Å². The summed E-state index contributed by atoms with van der Waals surface area (Å²) >= 11 is 0. The van der Waals surface area contributed by atoms with Crippen LogP contribution in [0.5, 0.6) is 0 Å². The Kier molecular flexibility index (Phi) is 5.01. The van der Waals surface area contributed by atoms with Gasteiger partial charge in [0.05, 0.1) is 23.7 Å². The molecule has 0 bridgehead atoms. The molecular weight excluding hydrogens is 368 g/mol. The number of hydrogen-bond donors (Lipinski definition) is 2. The number of rotatable bonds is 7. The fraction of sp³-hybridized carbons (Fsp3) is 0.471. The third kappa shape index (κ3) is 3.78. The minimum Gasteiger partial charge on any atom is -0.370 e. The molecule has 0 aromatic carbocycles. The number of alkyl halides is 2. The lowest BCUT2D eigenvalue weighted by atomic mass is 10.0. The van der Waals surface area contributed by atoms with Gasteiger partial charge >= 0.3 is 0 Å². The lowest BCUT2D eigenvalue weighted by molar-refractivity contribution is 0.0176. The summed E-state index contributed by atoms with van der Waals surface area (Å²) in [4.78, 5) is 9.80. The van der Waals surface area contributed by atoms with E-state index in [1.807, 2.05) is 26.8 Å². The summed E-state index contributed by atoms with van der Waals surface area (Å²) in [6, 6.07) is 1.82. The Morgan fingerprint density at radius 2 is 1.82 bits per heavy atom. The normalized spacial score (nSPS) is 12.2. The zero-order valence-corrected chi connectivity index (χ0v) is 16.4. The van der Waals surface area contributed by atoms with Crippen LogP contribution in [0.1, 0.15) is 39.0 Å². The third-order valence-corrected chi connectivity index (χ3v) is 4.27. The molecule has 0 saturated carbocycles. The molecule has 0 aliphatic carbocycles. The maximum Gasteiger partial charge on any atom is 0.275 e. The number of anilines is 3. The second-order valence-electron chi connectivity index (χ2n) is 6.92. The molecule has 0 amide bonds. The second-order valence-corrected chi connectivity index (χ2v) is 6.92. The number of halogens is 2. The average Bonchev–Trinajstić information content (AvgIpc) is 3.26. The first-order valence-electron chi connectivity index (χ1n) is 8.80. The lowest BCUT2D eigenvalue weighted by Crippen LogP contribution is -2.30. The Hall–Kier alpha value is -3.11. The first kappa shape index (κ1) is 19.6. The molecule has 0 unspecified atom stereocenters. The highest BCUT2D eigenvalue weighted by molar-refractivity contribution is 5.55. The van der Waals surface area contributed by atoms with Crippen LogP contribution in [0.4, 0.5) is 26.4 Å². The molecule has 0 aliphatic heterocycles. The predicted molar refractivity (Wildman–Crippen MR) is 101 cm³/mol. The van der Waals surface area contributed by atoms with E-state index in [1.54, 1.807) is 28.9 Å². The number of nitrogens with one attached hydrogen (secondary N) is 2. The van der Waals surface area contributed by atoms with Crippen LogP contribution in [0.3, 0.4) is 0 Å². The molecule has 0 saturated heterocycles. The summed E-state index contributed by atoms with van der Waals surface area (Å²) in [5.41, 5.74) is -0.112. The Morgan fingerprint density at radius 3 is 2.43 bits per heavy atom. The van der Waals surface area contributed by atoms with Crippen molar-refractivity contribution in [1.82, 2.24) is 34.7 Å². The molecule has 3 aromatic rings. The van der Waals surface area contributed by atoms with E-state index in [9.17, 15) is 8.78 Å². The fourth-order valence-electron chi connectivity index (χ4n) is 2.67. The fourth-order valence-corrected chi connectivity index (χ4v) is 2.67. The van der Waals surface area contributed by atoms with Gasteiger partial charge in [-0.15, -0.1) is 0 Å². The molecular formula is C17H23F2N9. The summed E-state index contributed by atoms with van der Waals surface area (Å²) < 4.78 is 29.1. The zero-order chi connectivity index (χ0) is 20.5. The number of nitrogens with zero attached hydrogens (tertiary/aromatic N) is 7. The van der Waals surface area contributed by atoms with Crippen LogP contribution in [-0.2, 0) is 18.5 Å². The van der Waals surface area contributed by atoms with Gasteiger partial charge in [0.2, 0.25) is 5.95 Å². The maximum atomic E-state index is 13.8. The van der Waals surface area contributed by atoms with Gasteiger partial charge in [-0.3, -0.25) is 4.68 Å². The maximum absolute atomic E-state index is 13.8. The van der Waals surface area contributed by atoms with Gasteiger partial charge in [0.25, 0.3) is 5.92 Å². The van der Waals surface area contributed by atoms with E-state index in [1.165, 1.54) is 0 Å². The summed E-state index contributed by atoms with van der Waals surface area (Å²) in [6.07, 6.45) is 4.33. The van der Waals surface area contributed by atoms with E-state index < -0.39 is 11.5 Å². The van der Waals surface area contributed by atoms with Crippen molar-refractivity contribution >= 4 is 17.6 Å². The number of hydrogen-bond acceptors (Lipinski definition) is 7. The third-order valence-electron chi connectivity index (χ3n) is 4.27. The van der Waals surface area contributed by atoms with Crippen molar-refractivity contribution in [3.05, 3.63) is 35.9 Å². The Labute approximate surface area is 161 Å². The molecule has 0 atom stereocenters. The first-order valence-corrected chi connectivity index (χ1v) is 8.80. The van der Waals surface area contributed by atoms with Crippen LogP contribution in [0.25, 0.3) is 0 Å². The van der Waals surface area contributed by atoms with Gasteiger partial charge < -0.3 is 10.6 Å². The van der Waals surface area contributed by atoms with Gasteiger partial charge in [-0.05, 0) is 20.8 Å². The van der Waals surface area contributed by atoms with Crippen molar-refractivity contribution in [3.63, 3.8) is 0 Å². The minimum absolute atomic E-state index is 0.0935. The Bertz CT molecular complexity index is 942. The van der Waals surface area contributed by atoms with E-state index >= 15 is 0 Å². The first-order chi connectivity index (χ1) is 13.1. The number of aromatic nitrogens is 7. The van der Waals surface area contributed by atoms with E-state index in [2.05, 4.69) is 35.9 Å². The molecule has 3 heterocycles. The highest BCUT2D eigenvalue weighted by atomic mass is 19.3. The molecule has 0 radical (unpaired) electrons. The number of aryl methyl sites for hydroxylation is 1. The minimum atomic E-state index is -3.05. The van der Waals surface area contributed by atoms with Crippen LogP contribution in [0.2, 0.25) is 0 Å². The lowest BCUT2D eigenvalue weighted by Gasteiger charge is -2.20. The predicted octanol–water partition coefficient (Wildman–Crippen LogP) is 2.87. The van der Waals surface area contributed by atoms with Gasteiger partial charge in [0.15, 0.2) is 0 Å². The van der Waals surface area contributed by atoms with Gasteiger partial charge in [-0.25, -0.2) is 13.8 Å². The summed E-state index contributed by atoms with van der Waals surface area (Å²) in [5.74, 6) is -2.16. The highest BCUT2D eigenvalue weighted by Gasteiger charge is 2.30. The van der Waals surface area contributed by atoms with Crippen molar-refractivity contribution < 1.29 is 8.78 Å². The topological polar surface area (TPSA) is 98.4 Å². The monoisotopic (exact) mass is 391 g/mol. The summed E-state index contributed by atoms with van der Waals surface area (Å²) in [7, 11) is 1.76. The van der Waals surface area contributed by atoms with Crippen LogP contribution >= 0.6 is 0 Å². The van der Waals surface area contributed by atoms with Crippen LogP contribution in [0.15, 0.2) is 24.7 Å². The Balaban J connectivity index is 1.90. The molecule has 3 aromatic heterocycles. The molecule has 150 valence electrons. The van der Waals surface area contributed by atoms with Crippen molar-refractivity contribution in [2.75, 3.05) is 17.2 Å². The molecule has 0 aliphatic rings. The van der Waals surface area contributed by atoms with Gasteiger partial charge in [0.1, 0.15) is 17.2 Å². The smallest absolute Gasteiger partial charge is 0.275 e. The van der Waals surface area contributed by atoms with Crippen LogP contribution in [0, 0.1) is 0 Å². The van der Waals surface area contributed by atoms with Gasteiger partial charge in [-0.2, -0.15) is 25.1 Å². The molecule has 11 heteroatoms. The van der Waals surface area contributed by atoms with Crippen LogP contribution in [-0.4, -0.2) is 41.3 Å². The van der Waals surface area contributed by atoms with Crippen molar-refractivity contribution in [2.24, 2.45) is 7.05 Å². The standard InChI is InChI=1S/C17H23F2N9/c1-6-20-14-11(17(4,18)19)10-21-15(25-14)24-13-9-12(26-27(13)5)16(2,3)28-22-7-8-23-28/h7-10H,6H2,1-5H3,(H2,20,21,24,25). The zero-order valence-electron chi connectivity index (χ0n) is 16.4. The quantitative estimate of drug-likeness (QED) is 0.639. The SMILES string of the molecule is CCNc1nc(Nc2cc(C(C)(C)n3nccn3)nn2C)ncc1C(C)(F)F. The molecule has 2 N–H and O–H groups in total. The molecule has 0 fully saturated rings.